The van der Waals surface area contributed by atoms with Crippen LogP contribution in [0, 0.1) is 17.3 Å². The van der Waals surface area contributed by atoms with Gasteiger partial charge in [-0.05, 0) is 49.4 Å². The van der Waals surface area contributed by atoms with E-state index in [0.717, 1.165) is 57.8 Å². The van der Waals surface area contributed by atoms with E-state index < -0.39 is 41.8 Å². The second-order valence-electron chi connectivity index (χ2n) is 14.7. The third-order valence-corrected chi connectivity index (χ3v) is 9.89. The van der Waals surface area contributed by atoms with Gasteiger partial charge in [0.05, 0.1) is 12.1 Å². The molecular formula is C35H54N6O6. The van der Waals surface area contributed by atoms with E-state index in [0.29, 0.717) is 25.9 Å². The van der Waals surface area contributed by atoms with Crippen molar-refractivity contribution in [2.45, 2.75) is 116 Å². The molecule has 0 aromatic rings. The van der Waals surface area contributed by atoms with Gasteiger partial charge in [0.1, 0.15) is 12.1 Å². The number of piperidine rings is 1. The molecule has 4 N–H and O–H groups in total. The van der Waals surface area contributed by atoms with Gasteiger partial charge < -0.3 is 31.1 Å². The van der Waals surface area contributed by atoms with Crippen LogP contribution in [-0.2, 0) is 24.0 Å². The van der Waals surface area contributed by atoms with Crippen LogP contribution in [0.2, 0.25) is 0 Å². The second-order valence-corrected chi connectivity index (χ2v) is 14.7. The number of Topliss-reactive ketones (excluding diaryl/α,β-unsaturated/α-hetero) is 1. The molecule has 6 amide bonds. The third-order valence-electron chi connectivity index (χ3n) is 9.89. The fourth-order valence-electron chi connectivity index (χ4n) is 6.74. The molecule has 3 fully saturated rings. The number of carbonyl (C=O) groups is 6. The number of likely N-dealkylation sites (tertiary alicyclic amines) is 1. The molecule has 47 heavy (non-hydrogen) atoms. The third kappa shape index (κ3) is 10.1. The van der Waals surface area contributed by atoms with Gasteiger partial charge in [0.15, 0.2) is 0 Å². The molecule has 2 aliphatic heterocycles. The first-order valence-electron chi connectivity index (χ1n) is 17.4. The SMILES string of the molecule is C=CCNC(=O)C(=O)C(CC1CC1)NC(=O)[C@@H]1C=CCN1C(=O)[C@@H](NC(=O)N[C@H](CN1CCCCC1=O)C(C)(C)C)C1CCCCC1. The fraction of sp³-hybridized carbons (Fsp3) is 0.714. The van der Waals surface area contributed by atoms with Gasteiger partial charge in [0, 0.05) is 32.6 Å². The topological polar surface area (TPSA) is 157 Å². The molecule has 0 spiro atoms. The first-order valence-corrected chi connectivity index (χ1v) is 17.4. The maximum absolute atomic E-state index is 14.2. The van der Waals surface area contributed by atoms with Crippen molar-refractivity contribution in [1.82, 2.24) is 31.1 Å². The van der Waals surface area contributed by atoms with Crippen LogP contribution in [0.25, 0.3) is 0 Å². The maximum atomic E-state index is 14.2. The standard InChI is InChI=1S/C35H54N6O6/c1-5-18-36-32(45)30(43)25(21-23-16-17-23)37-31(44)26-14-11-20-41(26)33(46)29(24-12-7-6-8-13-24)39-34(47)38-27(35(2,3)4)22-40-19-10-9-15-28(40)42/h5,11,14,23-27,29H,1,6-10,12-13,15-22H2,2-4H3,(H,36,45)(H,37,44)(H2,38,39,47)/t25?,26-,27+,29-/m0/s1. The van der Waals surface area contributed by atoms with E-state index in [-0.39, 0.29) is 48.2 Å². The lowest BCUT2D eigenvalue weighted by Gasteiger charge is -2.38. The summed E-state index contributed by atoms with van der Waals surface area (Å²) in [6, 6.07) is -3.65. The predicted octanol–water partition coefficient (Wildman–Crippen LogP) is 2.58. The molecule has 1 unspecified atom stereocenters. The fourth-order valence-corrected chi connectivity index (χ4v) is 6.74. The van der Waals surface area contributed by atoms with Crippen LogP contribution < -0.4 is 21.3 Å². The number of ketones is 1. The van der Waals surface area contributed by atoms with Crippen LogP contribution in [0.5, 0.6) is 0 Å². The molecule has 0 radical (unpaired) electrons. The Bertz CT molecular complexity index is 1220. The Labute approximate surface area is 278 Å². The Morgan fingerprint density at radius 3 is 2.34 bits per heavy atom. The molecule has 12 heteroatoms. The minimum atomic E-state index is -0.995. The summed E-state index contributed by atoms with van der Waals surface area (Å²) < 4.78 is 0. The average molecular weight is 655 g/mol. The molecule has 2 aliphatic carbocycles. The minimum absolute atomic E-state index is 0.0901. The van der Waals surface area contributed by atoms with Gasteiger partial charge in [-0.25, -0.2) is 4.79 Å². The lowest BCUT2D eigenvalue weighted by Crippen LogP contribution is -2.61. The van der Waals surface area contributed by atoms with Gasteiger partial charge in [-0.3, -0.25) is 24.0 Å². The highest BCUT2D eigenvalue weighted by molar-refractivity contribution is 6.38. The Kier molecular flexibility index (Phi) is 12.6. The molecule has 260 valence electrons. The zero-order valence-electron chi connectivity index (χ0n) is 28.4. The second kappa shape index (κ2) is 16.4. The summed E-state index contributed by atoms with van der Waals surface area (Å²) in [4.78, 5) is 82.7. The molecule has 2 heterocycles. The van der Waals surface area contributed by atoms with E-state index in [1.54, 1.807) is 12.2 Å². The van der Waals surface area contributed by atoms with Crippen LogP contribution >= 0.6 is 0 Å². The summed E-state index contributed by atoms with van der Waals surface area (Å²) in [5, 5.41) is 11.3. The molecule has 0 aromatic carbocycles. The Morgan fingerprint density at radius 1 is 0.979 bits per heavy atom. The largest absolute Gasteiger partial charge is 0.346 e. The van der Waals surface area contributed by atoms with Crippen LogP contribution in [-0.4, -0.2) is 95.6 Å². The van der Waals surface area contributed by atoms with Gasteiger partial charge in [0.25, 0.3) is 5.91 Å². The van der Waals surface area contributed by atoms with E-state index in [9.17, 15) is 28.8 Å². The molecule has 4 rings (SSSR count). The predicted molar refractivity (Wildman–Crippen MR) is 178 cm³/mol. The van der Waals surface area contributed by atoms with Gasteiger partial charge >= 0.3 is 6.03 Å². The molecule has 12 nitrogen and oxygen atoms in total. The van der Waals surface area contributed by atoms with Crippen molar-refractivity contribution in [2.24, 2.45) is 17.3 Å². The van der Waals surface area contributed by atoms with Crippen LogP contribution in [0.4, 0.5) is 4.79 Å². The lowest BCUT2D eigenvalue weighted by molar-refractivity contribution is -0.142. The zero-order chi connectivity index (χ0) is 34.1. The highest BCUT2D eigenvalue weighted by atomic mass is 16.2. The number of nitrogens with zero attached hydrogens (tertiary/aromatic N) is 2. The van der Waals surface area contributed by atoms with Gasteiger partial charge in [0.2, 0.25) is 23.5 Å². The lowest BCUT2D eigenvalue weighted by atomic mass is 9.83. The van der Waals surface area contributed by atoms with Crippen molar-refractivity contribution in [1.29, 1.82) is 0 Å². The van der Waals surface area contributed by atoms with Crippen molar-refractivity contribution in [3.63, 3.8) is 0 Å². The van der Waals surface area contributed by atoms with Crippen molar-refractivity contribution >= 4 is 35.4 Å². The first kappa shape index (κ1) is 36.1. The smallest absolute Gasteiger partial charge is 0.315 e. The Hall–Kier alpha value is -3.70. The van der Waals surface area contributed by atoms with Crippen molar-refractivity contribution in [3.05, 3.63) is 24.8 Å². The molecule has 2 saturated carbocycles. The van der Waals surface area contributed by atoms with Crippen molar-refractivity contribution in [3.8, 4) is 0 Å². The van der Waals surface area contributed by atoms with E-state index in [2.05, 4.69) is 27.8 Å². The minimum Gasteiger partial charge on any atom is -0.346 e. The van der Waals surface area contributed by atoms with E-state index >= 15 is 0 Å². The van der Waals surface area contributed by atoms with E-state index in [4.69, 9.17) is 0 Å². The summed E-state index contributed by atoms with van der Waals surface area (Å²) in [5.41, 5.74) is -0.349. The zero-order valence-corrected chi connectivity index (χ0v) is 28.4. The maximum Gasteiger partial charge on any atom is 0.315 e. The summed E-state index contributed by atoms with van der Waals surface area (Å²) in [6.45, 7) is 11.0. The summed E-state index contributed by atoms with van der Waals surface area (Å²) in [6.07, 6.45) is 13.9. The monoisotopic (exact) mass is 654 g/mol. The number of carbonyl (C=O) groups excluding carboxylic acids is 6. The number of urea groups is 1. The van der Waals surface area contributed by atoms with Gasteiger partial charge in [-0.15, -0.1) is 6.58 Å². The number of amides is 6. The van der Waals surface area contributed by atoms with Crippen LogP contribution in [0.15, 0.2) is 24.8 Å². The highest BCUT2D eigenvalue weighted by Gasteiger charge is 2.41. The van der Waals surface area contributed by atoms with E-state index in [1.165, 1.54) is 11.0 Å². The first-order chi connectivity index (χ1) is 22.4. The van der Waals surface area contributed by atoms with Gasteiger partial charge in [-0.1, -0.05) is 71.1 Å². The molecular weight excluding hydrogens is 600 g/mol. The van der Waals surface area contributed by atoms with Gasteiger partial charge in [-0.2, -0.15) is 0 Å². The van der Waals surface area contributed by atoms with E-state index in [1.807, 2.05) is 25.7 Å². The van der Waals surface area contributed by atoms with Crippen LogP contribution in [0.3, 0.4) is 0 Å². The molecule has 4 aliphatic rings. The quantitative estimate of drug-likeness (QED) is 0.167. The van der Waals surface area contributed by atoms with Crippen molar-refractivity contribution in [2.75, 3.05) is 26.2 Å². The highest BCUT2D eigenvalue weighted by Crippen LogP contribution is 2.34. The summed E-state index contributed by atoms with van der Waals surface area (Å²) >= 11 is 0. The number of hydrogen-bond acceptors (Lipinski definition) is 6. The number of rotatable bonds is 14. The average Bonchev–Trinajstić information content (AvgIpc) is 3.73. The normalized spacial score (nSPS) is 22.2. The molecule has 4 atom stereocenters. The van der Waals surface area contributed by atoms with Crippen molar-refractivity contribution < 1.29 is 28.8 Å². The molecule has 1 saturated heterocycles. The Balaban J connectivity index is 1.46. The summed E-state index contributed by atoms with van der Waals surface area (Å²) in [5.74, 6) is -2.13. The Morgan fingerprint density at radius 2 is 1.70 bits per heavy atom. The summed E-state index contributed by atoms with van der Waals surface area (Å²) in [7, 11) is 0. The molecule has 0 bridgehead atoms. The van der Waals surface area contributed by atoms with Crippen LogP contribution in [0.1, 0.15) is 91.4 Å². The molecule has 0 aromatic heterocycles. The number of hydrogen-bond donors (Lipinski definition) is 4. The number of nitrogens with one attached hydrogen (secondary N) is 4.